The summed E-state index contributed by atoms with van der Waals surface area (Å²) in [4.78, 5) is 3.41. The Balaban J connectivity index is 3.22. The van der Waals surface area contributed by atoms with Gasteiger partial charge in [-0.1, -0.05) is 20.8 Å². The van der Waals surface area contributed by atoms with Crippen molar-refractivity contribution in [2.75, 3.05) is 0 Å². The van der Waals surface area contributed by atoms with Gasteiger partial charge in [0.2, 0.25) is 0 Å². The zero-order chi connectivity index (χ0) is 13.4. The number of hydrogen-bond acceptors (Lipinski definition) is 1. The Morgan fingerprint density at radius 1 is 1.24 bits per heavy atom. The standard InChI is InChI=1S/C10H13F5N2/c1-9(2,3)8-16-6(10(13,14)15)4-17(8)5-7(11)12/h4,7H,5H2,1-3H3. The second-order valence-corrected chi connectivity index (χ2v) is 4.74. The van der Waals surface area contributed by atoms with Crippen LogP contribution in [0.4, 0.5) is 22.0 Å². The van der Waals surface area contributed by atoms with Gasteiger partial charge in [-0.2, -0.15) is 13.2 Å². The van der Waals surface area contributed by atoms with Crippen molar-refractivity contribution >= 4 is 0 Å². The first-order chi connectivity index (χ1) is 7.51. The minimum absolute atomic E-state index is 0.00475. The maximum absolute atomic E-state index is 12.4. The molecule has 1 rings (SSSR count). The summed E-state index contributed by atoms with van der Waals surface area (Å²) in [5, 5.41) is 0. The molecule has 0 saturated heterocycles. The summed E-state index contributed by atoms with van der Waals surface area (Å²) in [6, 6.07) is 0. The molecule has 0 atom stereocenters. The molecular weight excluding hydrogens is 243 g/mol. The number of nitrogens with zero attached hydrogens (tertiary/aromatic N) is 2. The highest BCUT2D eigenvalue weighted by Crippen LogP contribution is 2.31. The fraction of sp³-hybridized carbons (Fsp3) is 0.700. The van der Waals surface area contributed by atoms with E-state index in [9.17, 15) is 22.0 Å². The van der Waals surface area contributed by atoms with Crippen LogP contribution in [0, 0.1) is 0 Å². The lowest BCUT2D eigenvalue weighted by atomic mass is 9.96. The summed E-state index contributed by atoms with van der Waals surface area (Å²) in [6.07, 6.45) is -6.70. The lowest BCUT2D eigenvalue weighted by molar-refractivity contribution is -0.141. The smallest absolute Gasteiger partial charge is 0.328 e. The molecule has 17 heavy (non-hydrogen) atoms. The average Bonchev–Trinajstić information content (AvgIpc) is 2.44. The highest BCUT2D eigenvalue weighted by molar-refractivity contribution is 5.13. The van der Waals surface area contributed by atoms with Crippen LogP contribution in [0.1, 0.15) is 32.3 Å². The molecule has 98 valence electrons. The minimum atomic E-state index is -4.62. The van der Waals surface area contributed by atoms with Crippen LogP contribution in [0.5, 0.6) is 0 Å². The predicted octanol–water partition coefficient (Wildman–Crippen LogP) is 3.46. The Morgan fingerprint density at radius 3 is 2.12 bits per heavy atom. The van der Waals surface area contributed by atoms with Gasteiger partial charge in [0.25, 0.3) is 6.43 Å². The lowest BCUT2D eigenvalue weighted by Gasteiger charge is -2.19. The van der Waals surface area contributed by atoms with Crippen LogP contribution in [-0.2, 0) is 18.1 Å². The first kappa shape index (κ1) is 13.9. The molecule has 0 unspecified atom stereocenters. The van der Waals surface area contributed by atoms with Gasteiger partial charge in [-0.3, -0.25) is 0 Å². The summed E-state index contributed by atoms with van der Waals surface area (Å²) in [6.45, 7) is 4.09. The summed E-state index contributed by atoms with van der Waals surface area (Å²) < 4.78 is 62.7. The number of imidazole rings is 1. The van der Waals surface area contributed by atoms with E-state index in [1.807, 2.05) is 0 Å². The average molecular weight is 256 g/mol. The molecule has 0 saturated carbocycles. The Morgan fingerprint density at radius 2 is 1.76 bits per heavy atom. The van der Waals surface area contributed by atoms with Gasteiger partial charge in [-0.15, -0.1) is 0 Å². The maximum Gasteiger partial charge on any atom is 0.434 e. The van der Waals surface area contributed by atoms with Gasteiger partial charge in [0, 0.05) is 11.6 Å². The highest BCUT2D eigenvalue weighted by Gasteiger charge is 2.36. The molecule has 1 heterocycles. The van der Waals surface area contributed by atoms with E-state index in [0.29, 0.717) is 6.20 Å². The molecular formula is C10H13F5N2. The van der Waals surface area contributed by atoms with Gasteiger partial charge in [0.1, 0.15) is 5.82 Å². The molecule has 0 aliphatic heterocycles. The van der Waals surface area contributed by atoms with Gasteiger partial charge in [-0.25, -0.2) is 13.8 Å². The van der Waals surface area contributed by atoms with Crippen LogP contribution >= 0.6 is 0 Å². The normalized spacial score (nSPS) is 13.5. The van der Waals surface area contributed by atoms with E-state index in [0.717, 1.165) is 4.57 Å². The molecule has 0 amide bonds. The van der Waals surface area contributed by atoms with Crippen LogP contribution in [0.15, 0.2) is 6.20 Å². The third kappa shape index (κ3) is 3.41. The molecule has 0 N–H and O–H groups in total. The van der Waals surface area contributed by atoms with Gasteiger partial charge in [0.05, 0.1) is 6.54 Å². The van der Waals surface area contributed by atoms with Crippen molar-refractivity contribution in [2.45, 2.75) is 45.3 Å². The number of alkyl halides is 5. The van der Waals surface area contributed by atoms with E-state index in [1.54, 1.807) is 20.8 Å². The molecule has 1 aromatic rings. The summed E-state index contributed by atoms with van der Waals surface area (Å²) in [5.41, 5.74) is -1.86. The SMILES string of the molecule is CC(C)(C)c1nc(C(F)(F)F)cn1CC(F)F. The van der Waals surface area contributed by atoms with E-state index >= 15 is 0 Å². The van der Waals surface area contributed by atoms with Crippen LogP contribution in [0.2, 0.25) is 0 Å². The molecule has 1 aromatic heterocycles. The molecule has 0 bridgehead atoms. The second-order valence-electron chi connectivity index (χ2n) is 4.74. The monoisotopic (exact) mass is 256 g/mol. The first-order valence-electron chi connectivity index (χ1n) is 4.95. The highest BCUT2D eigenvalue weighted by atomic mass is 19.4. The van der Waals surface area contributed by atoms with Crippen LogP contribution in [0.3, 0.4) is 0 Å². The fourth-order valence-electron chi connectivity index (χ4n) is 1.44. The second kappa shape index (κ2) is 4.27. The molecule has 0 aliphatic carbocycles. The third-order valence-electron chi connectivity index (χ3n) is 2.07. The first-order valence-corrected chi connectivity index (χ1v) is 4.95. The largest absolute Gasteiger partial charge is 0.434 e. The van der Waals surface area contributed by atoms with Crippen molar-refractivity contribution in [2.24, 2.45) is 0 Å². The van der Waals surface area contributed by atoms with Crippen LogP contribution < -0.4 is 0 Å². The number of hydrogen-bond donors (Lipinski definition) is 0. The summed E-state index contributed by atoms with van der Waals surface area (Å²) in [5.74, 6) is 0.00475. The van der Waals surface area contributed by atoms with Crippen LogP contribution in [-0.4, -0.2) is 16.0 Å². The van der Waals surface area contributed by atoms with Gasteiger partial charge >= 0.3 is 6.18 Å². The molecule has 0 aromatic carbocycles. The van der Waals surface area contributed by atoms with Crippen molar-refractivity contribution in [1.29, 1.82) is 0 Å². The van der Waals surface area contributed by atoms with E-state index in [-0.39, 0.29) is 5.82 Å². The molecule has 0 radical (unpaired) electrons. The summed E-state index contributed by atoms with van der Waals surface area (Å²) >= 11 is 0. The van der Waals surface area contributed by atoms with Crippen molar-refractivity contribution in [1.82, 2.24) is 9.55 Å². The Labute approximate surface area is 95.5 Å². The van der Waals surface area contributed by atoms with E-state index < -0.39 is 30.3 Å². The van der Waals surface area contributed by atoms with Crippen molar-refractivity contribution in [3.63, 3.8) is 0 Å². The Kier molecular flexibility index (Phi) is 3.50. The van der Waals surface area contributed by atoms with Crippen molar-refractivity contribution < 1.29 is 22.0 Å². The Hall–Kier alpha value is -1.14. The topological polar surface area (TPSA) is 17.8 Å². The Bertz CT molecular complexity index is 386. The van der Waals surface area contributed by atoms with Gasteiger partial charge in [-0.05, 0) is 0 Å². The zero-order valence-corrected chi connectivity index (χ0v) is 9.65. The van der Waals surface area contributed by atoms with E-state index in [2.05, 4.69) is 4.98 Å². The summed E-state index contributed by atoms with van der Waals surface area (Å²) in [7, 11) is 0. The number of aromatic nitrogens is 2. The van der Waals surface area contributed by atoms with Gasteiger partial charge < -0.3 is 4.57 Å². The van der Waals surface area contributed by atoms with Crippen molar-refractivity contribution in [3.8, 4) is 0 Å². The number of rotatable bonds is 2. The quantitative estimate of drug-likeness (QED) is 0.741. The van der Waals surface area contributed by atoms with Crippen molar-refractivity contribution in [3.05, 3.63) is 17.7 Å². The van der Waals surface area contributed by atoms with E-state index in [1.165, 1.54) is 0 Å². The molecule has 0 spiro atoms. The lowest BCUT2D eigenvalue weighted by Crippen LogP contribution is -2.21. The molecule has 0 fully saturated rings. The predicted molar refractivity (Wildman–Crippen MR) is 51.9 cm³/mol. The third-order valence-corrected chi connectivity index (χ3v) is 2.07. The minimum Gasteiger partial charge on any atom is -0.328 e. The van der Waals surface area contributed by atoms with Gasteiger partial charge in [0.15, 0.2) is 5.69 Å². The van der Waals surface area contributed by atoms with Crippen LogP contribution in [0.25, 0.3) is 0 Å². The molecule has 2 nitrogen and oxygen atoms in total. The van der Waals surface area contributed by atoms with E-state index in [4.69, 9.17) is 0 Å². The maximum atomic E-state index is 12.4. The molecule has 0 aliphatic rings. The fourth-order valence-corrected chi connectivity index (χ4v) is 1.44. The molecule has 7 heteroatoms. The zero-order valence-electron chi connectivity index (χ0n) is 9.65. The number of halogens is 5.